The minimum atomic E-state index is -0.264. The molecule has 0 saturated carbocycles. The Kier molecular flexibility index (Phi) is 5.85. The van der Waals surface area contributed by atoms with E-state index in [0.717, 1.165) is 16.5 Å². The number of aromatic nitrogens is 1. The highest BCUT2D eigenvalue weighted by molar-refractivity contribution is 7.99. The van der Waals surface area contributed by atoms with Crippen LogP contribution < -0.4 is 20.3 Å². The van der Waals surface area contributed by atoms with E-state index < -0.39 is 0 Å². The summed E-state index contributed by atoms with van der Waals surface area (Å²) in [7, 11) is 1.59. The van der Waals surface area contributed by atoms with Crippen LogP contribution in [0.15, 0.2) is 71.9 Å². The molecular formula is C22H20N4O3S. The number of rotatable bonds is 4. The number of carbonyl (C=O) groups is 2. The van der Waals surface area contributed by atoms with Gasteiger partial charge in [0.15, 0.2) is 0 Å². The maximum atomic E-state index is 12.8. The number of methoxy groups -OCH3 is 1. The number of carbonyl (C=O) groups excluding carboxylic acids is 2. The first-order valence-corrected chi connectivity index (χ1v) is 10.3. The van der Waals surface area contributed by atoms with E-state index in [2.05, 4.69) is 15.6 Å². The lowest BCUT2D eigenvalue weighted by molar-refractivity contribution is 0.102. The molecule has 2 aromatic carbocycles. The van der Waals surface area contributed by atoms with Crippen LogP contribution in [0.4, 0.5) is 21.9 Å². The summed E-state index contributed by atoms with van der Waals surface area (Å²) < 4.78 is 5.12. The third-order valence-corrected chi connectivity index (χ3v) is 5.54. The van der Waals surface area contributed by atoms with E-state index >= 15 is 0 Å². The fraction of sp³-hybridized carbons (Fsp3) is 0.136. The average Bonchev–Trinajstić information content (AvgIpc) is 2.79. The third kappa shape index (κ3) is 4.38. The van der Waals surface area contributed by atoms with Gasteiger partial charge < -0.3 is 15.4 Å². The van der Waals surface area contributed by atoms with Crippen molar-refractivity contribution in [1.29, 1.82) is 0 Å². The van der Waals surface area contributed by atoms with Crippen LogP contribution in [0.2, 0.25) is 0 Å². The zero-order valence-corrected chi connectivity index (χ0v) is 17.1. The molecule has 0 saturated heterocycles. The SMILES string of the molecule is COc1ccc(NC(=O)c2cccc(NC(=O)N3CCSc4ncccc43)c2)cc1. The van der Waals surface area contributed by atoms with Crippen LogP contribution in [-0.2, 0) is 0 Å². The Morgan fingerprint density at radius 3 is 2.67 bits per heavy atom. The van der Waals surface area contributed by atoms with E-state index in [1.807, 2.05) is 12.1 Å². The van der Waals surface area contributed by atoms with E-state index in [1.54, 1.807) is 78.5 Å². The van der Waals surface area contributed by atoms with E-state index in [9.17, 15) is 9.59 Å². The lowest BCUT2D eigenvalue weighted by Crippen LogP contribution is -2.38. The highest BCUT2D eigenvalue weighted by Gasteiger charge is 2.23. The number of pyridine rings is 1. The fourth-order valence-electron chi connectivity index (χ4n) is 3.07. The zero-order chi connectivity index (χ0) is 20.9. The fourth-order valence-corrected chi connectivity index (χ4v) is 4.00. The number of urea groups is 1. The summed E-state index contributed by atoms with van der Waals surface area (Å²) in [6.07, 6.45) is 1.72. The van der Waals surface area contributed by atoms with E-state index in [1.165, 1.54) is 0 Å². The molecule has 152 valence electrons. The molecule has 1 aromatic heterocycles. The molecule has 0 bridgehead atoms. The van der Waals surface area contributed by atoms with Crippen molar-refractivity contribution >= 4 is 40.8 Å². The minimum absolute atomic E-state index is 0.253. The standard InChI is InChI=1S/C22H20N4O3S/c1-29-18-9-7-16(8-10-18)24-20(27)15-4-2-5-17(14-15)25-22(28)26-12-13-30-21-19(26)6-3-11-23-21/h2-11,14H,12-13H2,1H3,(H,24,27)(H,25,28). The molecule has 30 heavy (non-hydrogen) atoms. The van der Waals surface area contributed by atoms with Gasteiger partial charge in [0.05, 0.1) is 12.8 Å². The molecule has 8 heteroatoms. The van der Waals surface area contributed by atoms with Gasteiger partial charge in [-0.2, -0.15) is 0 Å². The number of amides is 3. The van der Waals surface area contributed by atoms with Gasteiger partial charge in [0.2, 0.25) is 0 Å². The number of nitrogens with one attached hydrogen (secondary N) is 2. The summed E-state index contributed by atoms with van der Waals surface area (Å²) in [5, 5.41) is 6.56. The Morgan fingerprint density at radius 1 is 1.03 bits per heavy atom. The summed E-state index contributed by atoms with van der Waals surface area (Å²) in [6.45, 7) is 0.590. The van der Waals surface area contributed by atoms with E-state index in [0.29, 0.717) is 29.2 Å². The van der Waals surface area contributed by atoms with Crippen molar-refractivity contribution < 1.29 is 14.3 Å². The van der Waals surface area contributed by atoms with Crippen molar-refractivity contribution in [3.05, 3.63) is 72.4 Å². The second-order valence-corrected chi connectivity index (χ2v) is 7.60. The smallest absolute Gasteiger partial charge is 0.326 e. The molecule has 4 rings (SSSR count). The molecule has 0 atom stereocenters. The first-order valence-electron chi connectivity index (χ1n) is 9.36. The average molecular weight is 420 g/mol. The van der Waals surface area contributed by atoms with Crippen LogP contribution in [0, 0.1) is 0 Å². The number of hydrogen-bond donors (Lipinski definition) is 2. The maximum Gasteiger partial charge on any atom is 0.326 e. The molecule has 7 nitrogen and oxygen atoms in total. The lowest BCUT2D eigenvalue weighted by Gasteiger charge is -2.28. The second-order valence-electron chi connectivity index (χ2n) is 6.52. The van der Waals surface area contributed by atoms with Gasteiger partial charge in [0.25, 0.3) is 5.91 Å². The number of hydrogen-bond acceptors (Lipinski definition) is 5. The zero-order valence-electron chi connectivity index (χ0n) is 16.3. The van der Waals surface area contributed by atoms with Crippen LogP contribution >= 0.6 is 11.8 Å². The van der Waals surface area contributed by atoms with Crippen LogP contribution in [-0.4, -0.2) is 36.3 Å². The topological polar surface area (TPSA) is 83.6 Å². The predicted molar refractivity (Wildman–Crippen MR) is 119 cm³/mol. The van der Waals surface area contributed by atoms with Crippen LogP contribution in [0.5, 0.6) is 5.75 Å². The van der Waals surface area contributed by atoms with Crippen molar-refractivity contribution in [2.24, 2.45) is 0 Å². The Hall–Kier alpha value is -3.52. The van der Waals surface area contributed by atoms with Gasteiger partial charge in [0, 0.05) is 35.4 Å². The summed E-state index contributed by atoms with van der Waals surface area (Å²) in [5.74, 6) is 1.23. The Labute approximate surface area is 178 Å². The molecule has 1 aliphatic rings. The van der Waals surface area contributed by atoms with Crippen LogP contribution in [0.25, 0.3) is 0 Å². The summed E-state index contributed by atoms with van der Waals surface area (Å²) in [4.78, 5) is 31.4. The highest BCUT2D eigenvalue weighted by Crippen LogP contribution is 2.32. The molecule has 3 aromatic rings. The normalized spacial score (nSPS) is 12.6. The van der Waals surface area contributed by atoms with Gasteiger partial charge in [0.1, 0.15) is 10.8 Å². The number of thioether (sulfide) groups is 1. The summed E-state index contributed by atoms with van der Waals surface area (Å²) in [5.41, 5.74) is 2.44. The molecule has 2 heterocycles. The van der Waals surface area contributed by atoms with Gasteiger partial charge in [-0.1, -0.05) is 6.07 Å². The predicted octanol–water partition coefficient (Wildman–Crippen LogP) is 4.49. The Balaban J connectivity index is 1.45. The Morgan fingerprint density at radius 2 is 1.87 bits per heavy atom. The van der Waals surface area contributed by atoms with Gasteiger partial charge in [-0.25, -0.2) is 9.78 Å². The van der Waals surface area contributed by atoms with Crippen molar-refractivity contribution in [2.75, 3.05) is 34.9 Å². The Bertz CT molecular complexity index is 1070. The van der Waals surface area contributed by atoms with Gasteiger partial charge in [-0.05, 0) is 54.6 Å². The van der Waals surface area contributed by atoms with Crippen molar-refractivity contribution in [3.8, 4) is 5.75 Å². The van der Waals surface area contributed by atoms with Crippen LogP contribution in [0.1, 0.15) is 10.4 Å². The van der Waals surface area contributed by atoms with Crippen molar-refractivity contribution in [2.45, 2.75) is 5.03 Å². The molecule has 1 aliphatic heterocycles. The number of anilines is 3. The second kappa shape index (κ2) is 8.87. The van der Waals surface area contributed by atoms with E-state index in [-0.39, 0.29) is 11.9 Å². The number of nitrogens with zero attached hydrogens (tertiary/aromatic N) is 2. The summed E-state index contributed by atoms with van der Waals surface area (Å²) >= 11 is 1.63. The molecule has 0 aliphatic carbocycles. The first-order chi connectivity index (χ1) is 14.6. The van der Waals surface area contributed by atoms with Gasteiger partial charge in [-0.15, -0.1) is 11.8 Å². The van der Waals surface area contributed by atoms with Crippen LogP contribution in [0.3, 0.4) is 0 Å². The van der Waals surface area contributed by atoms with Crippen molar-refractivity contribution in [3.63, 3.8) is 0 Å². The molecular weight excluding hydrogens is 400 g/mol. The number of ether oxygens (including phenoxy) is 1. The minimum Gasteiger partial charge on any atom is -0.497 e. The van der Waals surface area contributed by atoms with Gasteiger partial charge >= 0.3 is 6.03 Å². The lowest BCUT2D eigenvalue weighted by atomic mass is 10.2. The maximum absolute atomic E-state index is 12.8. The largest absolute Gasteiger partial charge is 0.497 e. The molecule has 0 spiro atoms. The quantitative estimate of drug-likeness (QED) is 0.650. The molecule has 3 amide bonds. The molecule has 0 radical (unpaired) electrons. The third-order valence-electron chi connectivity index (χ3n) is 4.56. The summed E-state index contributed by atoms with van der Waals surface area (Å²) in [6, 6.07) is 17.4. The van der Waals surface area contributed by atoms with Gasteiger partial charge in [-0.3, -0.25) is 9.69 Å². The highest BCUT2D eigenvalue weighted by atomic mass is 32.2. The molecule has 2 N–H and O–H groups in total. The molecule has 0 unspecified atom stereocenters. The van der Waals surface area contributed by atoms with Crippen molar-refractivity contribution in [1.82, 2.24) is 4.98 Å². The van der Waals surface area contributed by atoms with E-state index in [4.69, 9.17) is 4.74 Å². The molecule has 0 fully saturated rings. The first kappa shape index (κ1) is 19.8. The monoisotopic (exact) mass is 420 g/mol. The number of fused-ring (bicyclic) bond motifs is 1. The number of benzene rings is 2.